The van der Waals surface area contributed by atoms with E-state index in [-0.39, 0.29) is 0 Å². The average molecular weight is 311 g/mol. The van der Waals surface area contributed by atoms with Crippen molar-refractivity contribution in [3.63, 3.8) is 0 Å². The second-order valence-electron chi connectivity index (χ2n) is 4.76. The monoisotopic (exact) mass is 312 g/mol. The van der Waals surface area contributed by atoms with E-state index >= 15 is 0 Å². The summed E-state index contributed by atoms with van der Waals surface area (Å²) in [4.78, 5) is 0. The number of rotatable bonds is 0. The Labute approximate surface area is 138 Å². The van der Waals surface area contributed by atoms with E-state index in [1.165, 1.54) is 19.4 Å². The van der Waals surface area contributed by atoms with Crippen LogP contribution in [-0.4, -0.2) is 34.2 Å². The van der Waals surface area contributed by atoms with Gasteiger partial charge < -0.3 is 0 Å². The first kappa shape index (κ1) is 15.0. The van der Waals surface area contributed by atoms with Gasteiger partial charge >= 0.3 is 138 Å². The van der Waals surface area contributed by atoms with E-state index in [9.17, 15) is 0 Å². The van der Waals surface area contributed by atoms with Gasteiger partial charge in [0.15, 0.2) is 0 Å². The van der Waals surface area contributed by atoms with Crippen LogP contribution in [0.4, 0.5) is 0 Å². The number of hydrogen-bond donors (Lipinski definition) is 0. The van der Waals surface area contributed by atoms with E-state index in [4.69, 9.17) is 6.42 Å². The number of terminal acetylenes is 1. The van der Waals surface area contributed by atoms with Crippen LogP contribution < -0.4 is 8.63 Å². The molecule has 0 aromatic heterocycles. The number of benzene rings is 3. The molecule has 0 N–H and O–H groups in total. The Kier molecular flexibility index (Phi) is 5.57. The zero-order valence-corrected chi connectivity index (χ0v) is 16.1. The molecule has 0 heterocycles. The molecular weight excluding hydrogens is 296 g/mol. The number of hydrogen-bond acceptors (Lipinski definition) is 0. The van der Waals surface area contributed by atoms with Gasteiger partial charge in [-0.3, -0.25) is 0 Å². The molecule has 0 fully saturated rings. The predicted molar refractivity (Wildman–Crippen MR) is 93.3 cm³/mol. The van der Waals surface area contributed by atoms with Crippen molar-refractivity contribution in [1.82, 2.24) is 0 Å². The fourth-order valence-corrected chi connectivity index (χ4v) is 3.18. The molecule has 0 atom stereocenters. The van der Waals surface area contributed by atoms with E-state index in [0.29, 0.717) is 16.5 Å². The molecule has 0 aliphatic carbocycles. The van der Waals surface area contributed by atoms with Gasteiger partial charge in [-0.25, -0.2) is 0 Å². The zero-order chi connectivity index (χ0) is 14.4. The van der Waals surface area contributed by atoms with E-state index in [2.05, 4.69) is 72.2 Å². The first-order valence-corrected chi connectivity index (χ1v) is 8.79. The molecule has 20 heavy (non-hydrogen) atoms. The summed E-state index contributed by atoms with van der Waals surface area (Å²) < 4.78 is 2.70. The molecule has 0 nitrogen and oxygen atoms in total. The second kappa shape index (κ2) is 7.42. The van der Waals surface area contributed by atoms with Crippen molar-refractivity contribution < 1.29 is 0 Å². The van der Waals surface area contributed by atoms with Gasteiger partial charge in [-0.15, -0.1) is 0 Å². The van der Waals surface area contributed by atoms with Gasteiger partial charge in [0, 0.05) is 0 Å². The van der Waals surface area contributed by atoms with Crippen LogP contribution in [0.15, 0.2) is 66.7 Å². The molecule has 92 valence electrons. The molecule has 0 bridgehead atoms. The first-order chi connectivity index (χ1) is 9.72. The summed E-state index contributed by atoms with van der Waals surface area (Å²) in [5, 5.41) is 2.68. The maximum absolute atomic E-state index is 5.23. The molecule has 0 radical (unpaired) electrons. The van der Waals surface area contributed by atoms with Gasteiger partial charge in [0.25, 0.3) is 0 Å². The first-order valence-electron chi connectivity index (χ1n) is 6.69. The van der Waals surface area contributed by atoms with Gasteiger partial charge in [-0.05, 0) is 0 Å². The van der Waals surface area contributed by atoms with Crippen molar-refractivity contribution in [3.05, 3.63) is 72.3 Å². The Morgan fingerprint density at radius 3 is 2.15 bits per heavy atom. The topological polar surface area (TPSA) is 0 Å². The molecule has 3 rings (SSSR count). The molecule has 0 spiro atoms. The predicted octanol–water partition coefficient (Wildman–Crippen LogP) is 1.29. The Bertz CT molecular complexity index is 751. The molecule has 3 aromatic rings. The van der Waals surface area contributed by atoms with Crippen LogP contribution >= 0.6 is 0 Å². The maximum atomic E-state index is 5.23. The summed E-state index contributed by atoms with van der Waals surface area (Å²) in [6, 6.07) is 22.9. The summed E-state index contributed by atoms with van der Waals surface area (Å²) in [5.74, 6) is 2.64. The van der Waals surface area contributed by atoms with Crippen molar-refractivity contribution >= 4 is 53.6 Å². The fraction of sp³-hybridized carbons (Fsp3) is 0. The summed E-state index contributed by atoms with van der Waals surface area (Å²) in [5.41, 5.74) is 1.07. The van der Waals surface area contributed by atoms with Gasteiger partial charge in [0.05, 0.1) is 0 Å². The van der Waals surface area contributed by atoms with Crippen LogP contribution in [0.2, 0.25) is 0 Å². The van der Waals surface area contributed by atoms with Gasteiger partial charge in [-0.2, -0.15) is 0 Å². The third-order valence-electron chi connectivity index (χ3n) is 3.31. The van der Waals surface area contributed by atoms with Crippen LogP contribution in [0, 0.1) is 12.3 Å². The molecule has 0 unspecified atom stereocenters. The van der Waals surface area contributed by atoms with Crippen LogP contribution in [0.5, 0.6) is 0 Å². The quantitative estimate of drug-likeness (QED) is 0.434. The van der Waals surface area contributed by atoms with Crippen molar-refractivity contribution in [2.24, 2.45) is 0 Å². The Balaban J connectivity index is 0.000000151. The van der Waals surface area contributed by atoms with Crippen LogP contribution in [0.25, 0.3) is 10.8 Å². The molecule has 3 aromatic carbocycles. The van der Waals surface area contributed by atoms with Crippen LogP contribution in [-0.2, 0) is 0 Å². The Hall–Kier alpha value is -1.38. The van der Waals surface area contributed by atoms with Gasteiger partial charge in [0.1, 0.15) is 0 Å². The molecule has 0 saturated heterocycles. The van der Waals surface area contributed by atoms with E-state index in [1.54, 1.807) is 0 Å². The third-order valence-corrected chi connectivity index (χ3v) is 5.14. The normalized spacial score (nSPS) is 9.65. The minimum absolute atomic E-state index is 0.704. The summed E-state index contributed by atoms with van der Waals surface area (Å²) >= 11 is 2.85. The van der Waals surface area contributed by atoms with Crippen LogP contribution in [0.3, 0.4) is 0 Å². The van der Waals surface area contributed by atoms with Crippen molar-refractivity contribution in [2.45, 2.75) is 0 Å². The van der Waals surface area contributed by atoms with E-state index < -0.39 is 0 Å². The molecular formula is C18H15GeLi. The second-order valence-corrected chi connectivity index (χ2v) is 7.02. The SMILES string of the molecule is C#Cc1cccc[c]1[GeH3].[Li][c]1cccc2ccccc12. The fourth-order valence-electron chi connectivity index (χ4n) is 2.12. The van der Waals surface area contributed by atoms with E-state index in [1.807, 2.05) is 18.2 Å². The van der Waals surface area contributed by atoms with Crippen molar-refractivity contribution in [2.75, 3.05) is 0 Å². The Morgan fingerprint density at radius 2 is 1.50 bits per heavy atom. The number of fused-ring (bicyclic) bond motifs is 1. The summed E-state index contributed by atoms with van der Waals surface area (Å²) in [6.45, 7) is 0. The van der Waals surface area contributed by atoms with E-state index in [0.717, 1.165) is 5.56 Å². The third kappa shape index (κ3) is 3.81. The standard InChI is InChI=1S/C10H7.C8H8Ge.Li/c1-2-6-10-8-4-3-7-9(10)5-1;1-2-7-5-3-4-6-8(7)9;/h1-7H;1,3-6H,9H3;. The average Bonchev–Trinajstić information content (AvgIpc) is 2.49. The zero-order valence-electron chi connectivity index (χ0n) is 11.9. The van der Waals surface area contributed by atoms with Gasteiger partial charge in [-0.1, -0.05) is 0 Å². The van der Waals surface area contributed by atoms with Gasteiger partial charge in [0.2, 0.25) is 0 Å². The van der Waals surface area contributed by atoms with Crippen LogP contribution in [0.1, 0.15) is 5.56 Å². The molecule has 0 saturated carbocycles. The van der Waals surface area contributed by atoms with Crippen molar-refractivity contribution in [1.29, 1.82) is 0 Å². The molecule has 2 heteroatoms. The molecule has 0 amide bonds. The summed E-state index contributed by atoms with van der Waals surface area (Å²) in [7, 11) is 0. The summed E-state index contributed by atoms with van der Waals surface area (Å²) in [6.07, 6.45) is 5.23. The molecule has 0 aliphatic heterocycles. The minimum atomic E-state index is 0.704. The molecule has 0 aliphatic rings. The van der Waals surface area contributed by atoms with Crippen molar-refractivity contribution in [3.8, 4) is 12.3 Å². The Morgan fingerprint density at radius 1 is 0.850 bits per heavy atom.